The molecule has 0 atom stereocenters. The monoisotopic (exact) mass is 474 g/mol. The first-order valence-electron chi connectivity index (χ1n) is 10.6. The van der Waals surface area contributed by atoms with Crippen LogP contribution >= 0.6 is 22.9 Å². The fourth-order valence-corrected chi connectivity index (χ4v) is 4.62. The fourth-order valence-electron chi connectivity index (χ4n) is 3.53. The number of hydrogen-bond donors (Lipinski definition) is 0. The van der Waals surface area contributed by atoms with Crippen LogP contribution in [0.2, 0.25) is 5.02 Å². The van der Waals surface area contributed by atoms with E-state index in [9.17, 15) is 14.4 Å². The first kappa shape index (κ1) is 24.0. The van der Waals surface area contributed by atoms with E-state index in [2.05, 4.69) is 0 Å². The minimum atomic E-state index is -0.238. The standard InChI is InChI=1S/C24H27ClN2O4S/c1-3-31-24(30)17-11-13-27(14-12-17)23(29)16-26(2)22(28)10-8-20-7-9-21(32-20)18-5-4-6-19(25)15-18/h4-10,15,17H,3,11-14,16H2,1-2H3. The number of ether oxygens (including phenoxy) is 1. The number of halogens is 1. The van der Waals surface area contributed by atoms with Gasteiger partial charge in [0.25, 0.3) is 0 Å². The Kier molecular flexibility index (Phi) is 8.47. The van der Waals surface area contributed by atoms with Crippen molar-refractivity contribution in [3.8, 4) is 10.4 Å². The highest BCUT2D eigenvalue weighted by molar-refractivity contribution is 7.16. The quantitative estimate of drug-likeness (QED) is 0.442. The molecule has 0 spiro atoms. The predicted octanol–water partition coefficient (Wildman–Crippen LogP) is 4.34. The van der Waals surface area contributed by atoms with Crippen LogP contribution in [0.3, 0.4) is 0 Å². The molecule has 0 aliphatic carbocycles. The minimum Gasteiger partial charge on any atom is -0.466 e. The van der Waals surface area contributed by atoms with Crippen molar-refractivity contribution < 1.29 is 19.1 Å². The summed E-state index contributed by atoms with van der Waals surface area (Å²) in [5.74, 6) is -0.693. The van der Waals surface area contributed by atoms with Crippen molar-refractivity contribution >= 4 is 46.8 Å². The second kappa shape index (κ2) is 11.3. The lowest BCUT2D eigenvalue weighted by Crippen LogP contribution is -2.45. The molecule has 2 amide bonds. The molecule has 1 aliphatic rings. The summed E-state index contributed by atoms with van der Waals surface area (Å²) in [7, 11) is 1.61. The summed E-state index contributed by atoms with van der Waals surface area (Å²) in [6.45, 7) is 3.16. The molecule has 0 unspecified atom stereocenters. The third-order valence-electron chi connectivity index (χ3n) is 5.34. The number of piperidine rings is 1. The highest BCUT2D eigenvalue weighted by Gasteiger charge is 2.28. The molecule has 8 heteroatoms. The van der Waals surface area contributed by atoms with E-state index in [0.29, 0.717) is 37.6 Å². The summed E-state index contributed by atoms with van der Waals surface area (Å²) < 4.78 is 5.06. The number of amides is 2. The molecule has 2 heterocycles. The smallest absolute Gasteiger partial charge is 0.309 e. The number of carbonyl (C=O) groups excluding carboxylic acids is 3. The number of benzene rings is 1. The van der Waals surface area contributed by atoms with Crippen LogP contribution in [0.15, 0.2) is 42.5 Å². The van der Waals surface area contributed by atoms with E-state index in [1.807, 2.05) is 36.4 Å². The van der Waals surface area contributed by atoms with Gasteiger partial charge in [-0.3, -0.25) is 14.4 Å². The largest absolute Gasteiger partial charge is 0.466 e. The van der Waals surface area contributed by atoms with Crippen LogP contribution in [0.5, 0.6) is 0 Å². The van der Waals surface area contributed by atoms with Gasteiger partial charge in [-0.2, -0.15) is 0 Å². The van der Waals surface area contributed by atoms with Crippen molar-refractivity contribution in [3.63, 3.8) is 0 Å². The van der Waals surface area contributed by atoms with Gasteiger partial charge in [0.15, 0.2) is 0 Å². The first-order chi connectivity index (χ1) is 15.4. The first-order valence-corrected chi connectivity index (χ1v) is 11.8. The molecule has 6 nitrogen and oxygen atoms in total. The average Bonchev–Trinajstić information content (AvgIpc) is 3.27. The van der Waals surface area contributed by atoms with Gasteiger partial charge < -0.3 is 14.5 Å². The minimum absolute atomic E-state index is 0.00541. The predicted molar refractivity (Wildman–Crippen MR) is 127 cm³/mol. The van der Waals surface area contributed by atoms with Gasteiger partial charge in [0.2, 0.25) is 11.8 Å². The molecular weight excluding hydrogens is 448 g/mol. The van der Waals surface area contributed by atoms with Crippen molar-refractivity contribution in [1.82, 2.24) is 9.80 Å². The number of thiophene rings is 1. The van der Waals surface area contributed by atoms with Crippen LogP contribution in [0.4, 0.5) is 0 Å². The highest BCUT2D eigenvalue weighted by atomic mass is 35.5. The van der Waals surface area contributed by atoms with E-state index >= 15 is 0 Å². The van der Waals surface area contributed by atoms with Crippen LogP contribution in [0.1, 0.15) is 24.6 Å². The van der Waals surface area contributed by atoms with E-state index in [0.717, 1.165) is 15.3 Å². The normalized spacial score (nSPS) is 14.5. The number of likely N-dealkylation sites (tertiary alicyclic amines) is 1. The van der Waals surface area contributed by atoms with Crippen LogP contribution in [0, 0.1) is 5.92 Å². The van der Waals surface area contributed by atoms with Crippen molar-refractivity contribution in [1.29, 1.82) is 0 Å². The van der Waals surface area contributed by atoms with Crippen molar-refractivity contribution in [3.05, 3.63) is 52.4 Å². The Morgan fingerprint density at radius 3 is 2.66 bits per heavy atom. The van der Waals surface area contributed by atoms with E-state index < -0.39 is 0 Å². The van der Waals surface area contributed by atoms with E-state index in [1.54, 1.807) is 36.3 Å². The molecule has 1 aliphatic heterocycles. The molecular formula is C24H27ClN2O4S. The lowest BCUT2D eigenvalue weighted by Gasteiger charge is -2.32. The van der Waals surface area contributed by atoms with E-state index in [4.69, 9.17) is 16.3 Å². The van der Waals surface area contributed by atoms with Crippen molar-refractivity contribution in [2.45, 2.75) is 19.8 Å². The Hall–Kier alpha value is -2.64. The molecule has 0 radical (unpaired) electrons. The number of nitrogens with zero attached hydrogens (tertiary/aromatic N) is 2. The topological polar surface area (TPSA) is 66.9 Å². The molecule has 0 saturated carbocycles. The highest BCUT2D eigenvalue weighted by Crippen LogP contribution is 2.30. The van der Waals surface area contributed by atoms with E-state index in [1.165, 1.54) is 11.0 Å². The van der Waals surface area contributed by atoms with Crippen LogP contribution < -0.4 is 0 Å². The van der Waals surface area contributed by atoms with Gasteiger partial charge in [0, 0.05) is 41.0 Å². The zero-order chi connectivity index (χ0) is 23.1. The maximum atomic E-state index is 12.6. The number of likely N-dealkylation sites (N-methyl/N-ethyl adjacent to an activating group) is 1. The zero-order valence-corrected chi connectivity index (χ0v) is 19.8. The second-order valence-electron chi connectivity index (χ2n) is 7.65. The maximum Gasteiger partial charge on any atom is 0.309 e. The van der Waals surface area contributed by atoms with Gasteiger partial charge in [-0.05, 0) is 55.7 Å². The van der Waals surface area contributed by atoms with Gasteiger partial charge in [-0.15, -0.1) is 11.3 Å². The van der Waals surface area contributed by atoms with Crippen LogP contribution in [-0.2, 0) is 19.1 Å². The van der Waals surface area contributed by atoms with Gasteiger partial charge in [-0.25, -0.2) is 0 Å². The summed E-state index contributed by atoms with van der Waals surface area (Å²) in [6, 6.07) is 11.6. The maximum absolute atomic E-state index is 12.6. The van der Waals surface area contributed by atoms with Crippen molar-refractivity contribution in [2.75, 3.05) is 33.3 Å². The van der Waals surface area contributed by atoms with Gasteiger partial charge in [0.1, 0.15) is 0 Å². The number of esters is 1. The molecule has 1 saturated heterocycles. The molecule has 1 fully saturated rings. The average molecular weight is 475 g/mol. The van der Waals surface area contributed by atoms with Gasteiger partial charge in [-0.1, -0.05) is 23.7 Å². The third-order valence-corrected chi connectivity index (χ3v) is 6.68. The summed E-state index contributed by atoms with van der Waals surface area (Å²) in [6.07, 6.45) is 4.42. The molecule has 32 heavy (non-hydrogen) atoms. The summed E-state index contributed by atoms with van der Waals surface area (Å²) >= 11 is 7.62. The van der Waals surface area contributed by atoms with Gasteiger partial charge in [0.05, 0.1) is 19.1 Å². The third kappa shape index (κ3) is 6.43. The lowest BCUT2D eigenvalue weighted by atomic mass is 9.97. The van der Waals surface area contributed by atoms with Gasteiger partial charge >= 0.3 is 5.97 Å². The Bertz CT molecular complexity index is 995. The Morgan fingerprint density at radius 1 is 1.22 bits per heavy atom. The second-order valence-corrected chi connectivity index (χ2v) is 9.20. The molecule has 2 aromatic rings. The molecule has 1 aromatic heterocycles. The zero-order valence-electron chi connectivity index (χ0n) is 18.3. The lowest BCUT2D eigenvalue weighted by molar-refractivity contribution is -0.151. The molecule has 0 bridgehead atoms. The van der Waals surface area contributed by atoms with E-state index in [-0.39, 0.29) is 30.2 Å². The Balaban J connectivity index is 1.49. The summed E-state index contributed by atoms with van der Waals surface area (Å²) in [4.78, 5) is 42.0. The molecule has 1 aromatic carbocycles. The van der Waals surface area contributed by atoms with Crippen LogP contribution in [0.25, 0.3) is 16.5 Å². The fraction of sp³-hybridized carbons (Fsp3) is 0.375. The SMILES string of the molecule is CCOC(=O)C1CCN(C(=O)CN(C)C(=O)C=Cc2ccc(-c3cccc(Cl)c3)s2)CC1. The Morgan fingerprint density at radius 2 is 1.97 bits per heavy atom. The number of carbonyl (C=O) groups is 3. The number of hydrogen-bond acceptors (Lipinski definition) is 5. The Labute approximate surface area is 197 Å². The molecule has 0 N–H and O–H groups in total. The van der Waals surface area contributed by atoms with Crippen LogP contribution in [-0.4, -0.2) is 60.9 Å². The summed E-state index contributed by atoms with van der Waals surface area (Å²) in [5, 5.41) is 0.680. The molecule has 3 rings (SSSR count). The molecule has 170 valence electrons. The van der Waals surface area contributed by atoms with Crippen molar-refractivity contribution in [2.24, 2.45) is 5.92 Å². The summed E-state index contributed by atoms with van der Waals surface area (Å²) in [5.41, 5.74) is 1.03. The number of rotatable bonds is 7.